The summed E-state index contributed by atoms with van der Waals surface area (Å²) in [4.78, 5) is 27.4. The molecule has 0 aliphatic rings. The second-order valence-corrected chi connectivity index (χ2v) is 7.79. The van der Waals surface area contributed by atoms with Crippen LogP contribution in [0.3, 0.4) is 0 Å². The average molecular weight is 397 g/mol. The van der Waals surface area contributed by atoms with Crippen LogP contribution in [0.5, 0.6) is 0 Å². The van der Waals surface area contributed by atoms with E-state index in [1.54, 1.807) is 49.4 Å². The van der Waals surface area contributed by atoms with Crippen LogP contribution in [0.25, 0.3) is 10.9 Å². The minimum atomic E-state index is -3.92. The van der Waals surface area contributed by atoms with Crippen LogP contribution in [0.2, 0.25) is 0 Å². The lowest BCUT2D eigenvalue weighted by atomic mass is 10.1. The van der Waals surface area contributed by atoms with Gasteiger partial charge in [-0.15, -0.1) is 0 Å². The number of carbonyl (C=O) groups is 2. The number of pyridine rings is 1. The van der Waals surface area contributed by atoms with Gasteiger partial charge in [-0.2, -0.15) is 0 Å². The molecular weight excluding hydrogens is 378 g/mol. The molecule has 3 rings (SSSR count). The van der Waals surface area contributed by atoms with E-state index in [-0.39, 0.29) is 16.1 Å². The van der Waals surface area contributed by atoms with Crippen molar-refractivity contribution in [1.82, 2.24) is 10.3 Å². The van der Waals surface area contributed by atoms with E-state index < -0.39 is 22.0 Å². The largest absolute Gasteiger partial charge is 0.343 e. The molecule has 0 spiro atoms. The molecule has 8 heteroatoms. The van der Waals surface area contributed by atoms with Crippen molar-refractivity contribution < 1.29 is 18.0 Å². The summed E-state index contributed by atoms with van der Waals surface area (Å²) < 4.78 is 28.2. The van der Waals surface area contributed by atoms with Gasteiger partial charge in [0.2, 0.25) is 0 Å². The molecule has 1 atom stereocenters. The van der Waals surface area contributed by atoms with Gasteiger partial charge in [-0.1, -0.05) is 31.2 Å². The summed E-state index contributed by atoms with van der Waals surface area (Å²) in [5.41, 5.74) is 0.847. The van der Waals surface area contributed by atoms with Crippen LogP contribution in [0.4, 0.5) is 5.69 Å². The fourth-order valence-electron chi connectivity index (χ4n) is 2.71. The molecule has 0 fully saturated rings. The summed E-state index contributed by atoms with van der Waals surface area (Å²) in [7, 11) is -3.92. The Morgan fingerprint density at radius 2 is 1.89 bits per heavy atom. The number of aldehydes is 1. The maximum atomic E-state index is 12.9. The molecule has 0 radical (unpaired) electrons. The van der Waals surface area contributed by atoms with E-state index >= 15 is 0 Å². The smallest absolute Gasteiger partial charge is 0.264 e. The minimum Gasteiger partial charge on any atom is -0.343 e. The molecule has 28 heavy (non-hydrogen) atoms. The molecule has 0 aliphatic carbocycles. The number of nitrogens with zero attached hydrogens (tertiary/aromatic N) is 1. The molecule has 144 valence electrons. The zero-order valence-corrected chi connectivity index (χ0v) is 15.9. The molecule has 2 aromatic carbocycles. The van der Waals surface area contributed by atoms with Crippen LogP contribution >= 0.6 is 0 Å². The van der Waals surface area contributed by atoms with Crippen molar-refractivity contribution in [3.8, 4) is 0 Å². The Labute approximate surface area is 162 Å². The number of hydrogen-bond acceptors (Lipinski definition) is 5. The van der Waals surface area contributed by atoms with Gasteiger partial charge in [0.15, 0.2) is 0 Å². The summed E-state index contributed by atoms with van der Waals surface area (Å²) in [6.07, 6.45) is 2.66. The predicted molar refractivity (Wildman–Crippen MR) is 107 cm³/mol. The van der Waals surface area contributed by atoms with Gasteiger partial charge in [-0.3, -0.25) is 14.5 Å². The Kier molecular flexibility index (Phi) is 5.70. The number of carbonyl (C=O) groups excluding carboxylic acids is 2. The van der Waals surface area contributed by atoms with Gasteiger partial charge in [0.05, 0.1) is 11.6 Å². The van der Waals surface area contributed by atoms with Crippen molar-refractivity contribution in [2.75, 3.05) is 4.72 Å². The topological polar surface area (TPSA) is 105 Å². The normalized spacial score (nSPS) is 12.3. The van der Waals surface area contributed by atoms with Crippen LogP contribution in [-0.2, 0) is 14.8 Å². The summed E-state index contributed by atoms with van der Waals surface area (Å²) in [6, 6.07) is 13.9. The van der Waals surface area contributed by atoms with Crippen molar-refractivity contribution in [3.05, 3.63) is 66.4 Å². The number of nitrogens with one attached hydrogen (secondary N) is 2. The highest BCUT2D eigenvalue weighted by atomic mass is 32.2. The molecule has 1 heterocycles. The number of rotatable bonds is 7. The highest BCUT2D eigenvalue weighted by molar-refractivity contribution is 7.93. The van der Waals surface area contributed by atoms with E-state index in [0.717, 1.165) is 0 Å². The van der Waals surface area contributed by atoms with Crippen molar-refractivity contribution in [2.24, 2.45) is 0 Å². The van der Waals surface area contributed by atoms with Crippen molar-refractivity contribution in [1.29, 1.82) is 0 Å². The zero-order valence-electron chi connectivity index (χ0n) is 15.1. The SMILES string of the molecule is CCC(C=O)NC(=O)c1cccc(NS(=O)(=O)c2cccc3cccnc23)c1. The van der Waals surface area contributed by atoms with E-state index in [0.29, 0.717) is 23.6 Å². The van der Waals surface area contributed by atoms with Gasteiger partial charge < -0.3 is 10.1 Å². The number of sulfonamides is 1. The fraction of sp³-hybridized carbons (Fsp3) is 0.150. The number of para-hydroxylation sites is 1. The molecule has 3 aromatic rings. The number of fused-ring (bicyclic) bond motifs is 1. The van der Waals surface area contributed by atoms with Crippen molar-refractivity contribution in [3.63, 3.8) is 0 Å². The molecule has 2 N–H and O–H groups in total. The van der Waals surface area contributed by atoms with Gasteiger partial charge in [-0.05, 0) is 36.8 Å². The number of aromatic nitrogens is 1. The Morgan fingerprint density at radius 1 is 1.14 bits per heavy atom. The van der Waals surface area contributed by atoms with Gasteiger partial charge in [-0.25, -0.2) is 8.42 Å². The molecule has 0 aliphatic heterocycles. The molecule has 1 unspecified atom stereocenters. The maximum Gasteiger partial charge on any atom is 0.264 e. The Bertz CT molecular complexity index is 1120. The van der Waals surface area contributed by atoms with E-state index in [1.165, 1.54) is 18.3 Å². The summed E-state index contributed by atoms with van der Waals surface area (Å²) in [5.74, 6) is -0.452. The van der Waals surface area contributed by atoms with E-state index in [9.17, 15) is 18.0 Å². The van der Waals surface area contributed by atoms with Crippen LogP contribution in [0.1, 0.15) is 23.7 Å². The quantitative estimate of drug-likeness (QED) is 0.597. The molecule has 7 nitrogen and oxygen atoms in total. The van der Waals surface area contributed by atoms with E-state index in [4.69, 9.17) is 0 Å². The number of amides is 1. The standard InChI is InChI=1S/C20H19N3O4S/c1-2-16(13-24)22-20(25)15-7-3-9-17(12-15)23-28(26,27)18-10-4-6-14-8-5-11-21-19(14)18/h3-13,16,23H,2H2,1H3,(H,22,25). The highest BCUT2D eigenvalue weighted by Gasteiger charge is 2.19. The van der Waals surface area contributed by atoms with E-state index in [1.807, 2.05) is 0 Å². The van der Waals surface area contributed by atoms with Gasteiger partial charge >= 0.3 is 0 Å². The summed E-state index contributed by atoms with van der Waals surface area (Å²) >= 11 is 0. The van der Waals surface area contributed by atoms with E-state index in [2.05, 4.69) is 15.0 Å². The summed E-state index contributed by atoms with van der Waals surface area (Å²) in [6.45, 7) is 1.78. The van der Waals surface area contributed by atoms with Crippen molar-refractivity contribution in [2.45, 2.75) is 24.3 Å². The first-order valence-electron chi connectivity index (χ1n) is 8.67. The predicted octanol–water partition coefficient (Wildman–Crippen LogP) is 2.74. The molecule has 0 saturated heterocycles. The van der Waals surface area contributed by atoms with Crippen molar-refractivity contribution >= 4 is 38.8 Å². The number of hydrogen-bond donors (Lipinski definition) is 2. The van der Waals surface area contributed by atoms with Gasteiger partial charge in [0.1, 0.15) is 11.2 Å². The first-order chi connectivity index (χ1) is 13.4. The fourth-order valence-corrected chi connectivity index (χ4v) is 3.94. The van der Waals surface area contributed by atoms with Gasteiger partial charge in [0.25, 0.3) is 15.9 Å². The zero-order chi connectivity index (χ0) is 20.1. The number of benzene rings is 2. The Morgan fingerprint density at radius 3 is 2.64 bits per heavy atom. The van der Waals surface area contributed by atoms with Crippen LogP contribution in [-0.4, -0.2) is 31.6 Å². The van der Waals surface area contributed by atoms with Crippen LogP contribution in [0, 0.1) is 0 Å². The Balaban J connectivity index is 1.89. The lowest BCUT2D eigenvalue weighted by Gasteiger charge is -2.13. The lowest BCUT2D eigenvalue weighted by Crippen LogP contribution is -2.35. The first-order valence-corrected chi connectivity index (χ1v) is 10.2. The maximum absolute atomic E-state index is 12.9. The van der Waals surface area contributed by atoms with Crippen LogP contribution in [0.15, 0.2) is 65.7 Å². The number of anilines is 1. The minimum absolute atomic E-state index is 0.0486. The molecule has 0 saturated carbocycles. The second-order valence-electron chi connectivity index (χ2n) is 6.14. The van der Waals surface area contributed by atoms with Gasteiger partial charge in [0, 0.05) is 22.8 Å². The second kappa shape index (κ2) is 8.18. The Hall–Kier alpha value is -3.26. The third kappa shape index (κ3) is 4.17. The molecule has 1 aromatic heterocycles. The third-order valence-corrected chi connectivity index (χ3v) is 5.60. The molecular formula is C20H19N3O4S. The third-order valence-electron chi connectivity index (χ3n) is 4.18. The van der Waals surface area contributed by atoms with Crippen LogP contribution < -0.4 is 10.0 Å². The monoisotopic (exact) mass is 397 g/mol. The summed E-state index contributed by atoms with van der Waals surface area (Å²) in [5, 5.41) is 3.29. The molecule has 1 amide bonds. The highest BCUT2D eigenvalue weighted by Crippen LogP contribution is 2.23. The lowest BCUT2D eigenvalue weighted by molar-refractivity contribution is -0.109. The molecule has 0 bridgehead atoms. The first kappa shape index (κ1) is 19.5. The average Bonchev–Trinajstić information content (AvgIpc) is 2.71.